The number of thiazole rings is 1. The molecular formula is C25H17BrClN3O2S. The second-order valence-corrected chi connectivity index (χ2v) is 9.66. The Morgan fingerprint density at radius 3 is 2.76 bits per heavy atom. The molecule has 0 radical (unpaired) electrons. The molecule has 0 unspecified atom stereocenters. The van der Waals surface area contributed by atoms with Crippen molar-refractivity contribution < 1.29 is 9.21 Å². The molecule has 0 bridgehead atoms. The van der Waals surface area contributed by atoms with Crippen LogP contribution in [0.1, 0.15) is 21.8 Å². The standard InChI is InChI=1S/C25H17BrClN3O2S/c1-15-2-3-16(11-22(15)27)10-21-14-29-25(33-21)30-24(31)18(13-28)12-20-8-9-23(32-20)17-4-6-19(26)7-5-17/h2-9,11-12,14H,10H2,1H3,(H,29,30,31)/b18-12+. The summed E-state index contributed by atoms with van der Waals surface area (Å²) in [6.45, 7) is 1.96. The van der Waals surface area contributed by atoms with Gasteiger partial charge in [-0.15, -0.1) is 11.3 Å². The monoisotopic (exact) mass is 537 g/mol. The first-order chi connectivity index (χ1) is 15.9. The number of carbonyl (C=O) groups is 1. The van der Waals surface area contributed by atoms with Crippen LogP contribution in [-0.4, -0.2) is 10.9 Å². The van der Waals surface area contributed by atoms with Gasteiger partial charge in [0.2, 0.25) is 0 Å². The number of halogens is 2. The Bertz CT molecular complexity index is 1380. The molecule has 0 fully saturated rings. The van der Waals surface area contributed by atoms with Crippen molar-refractivity contribution in [3.8, 4) is 17.4 Å². The lowest BCUT2D eigenvalue weighted by Crippen LogP contribution is -2.13. The number of furan rings is 1. The molecule has 2 heterocycles. The fourth-order valence-electron chi connectivity index (χ4n) is 3.05. The average Bonchev–Trinajstić information content (AvgIpc) is 3.44. The van der Waals surface area contributed by atoms with E-state index in [1.165, 1.54) is 17.4 Å². The molecule has 4 aromatic rings. The van der Waals surface area contributed by atoms with Gasteiger partial charge < -0.3 is 4.42 Å². The van der Waals surface area contributed by atoms with Crippen LogP contribution in [0.25, 0.3) is 17.4 Å². The molecule has 33 heavy (non-hydrogen) atoms. The second kappa shape index (κ2) is 10.2. The number of hydrogen-bond donors (Lipinski definition) is 1. The molecule has 0 saturated carbocycles. The van der Waals surface area contributed by atoms with Gasteiger partial charge in [-0.1, -0.05) is 51.8 Å². The van der Waals surface area contributed by atoms with Gasteiger partial charge >= 0.3 is 0 Å². The first-order valence-electron chi connectivity index (χ1n) is 9.90. The molecule has 2 aromatic heterocycles. The van der Waals surface area contributed by atoms with Crippen molar-refractivity contribution in [2.75, 3.05) is 5.32 Å². The van der Waals surface area contributed by atoms with E-state index in [1.807, 2.05) is 55.5 Å². The van der Waals surface area contributed by atoms with E-state index in [0.717, 1.165) is 31.1 Å². The highest BCUT2D eigenvalue weighted by atomic mass is 79.9. The minimum atomic E-state index is -0.543. The van der Waals surface area contributed by atoms with Gasteiger partial charge in [0, 0.05) is 38.6 Å². The van der Waals surface area contributed by atoms with Crippen LogP contribution >= 0.6 is 38.9 Å². The number of nitrogens with zero attached hydrogens (tertiary/aromatic N) is 2. The summed E-state index contributed by atoms with van der Waals surface area (Å²) in [6.07, 6.45) is 3.78. The van der Waals surface area contributed by atoms with Crippen LogP contribution in [0.5, 0.6) is 0 Å². The molecule has 2 aromatic carbocycles. The molecule has 0 aliphatic heterocycles. The highest BCUT2D eigenvalue weighted by Crippen LogP contribution is 2.26. The van der Waals surface area contributed by atoms with E-state index in [-0.39, 0.29) is 5.57 Å². The Hall–Kier alpha value is -3.18. The SMILES string of the molecule is Cc1ccc(Cc2cnc(NC(=O)/C(C#N)=C/c3ccc(-c4ccc(Br)cc4)o3)s2)cc1Cl. The Balaban J connectivity index is 1.44. The molecule has 0 atom stereocenters. The third kappa shape index (κ3) is 5.79. The number of aryl methyl sites for hydroxylation is 1. The van der Waals surface area contributed by atoms with Crippen LogP contribution in [0.2, 0.25) is 5.02 Å². The number of aromatic nitrogens is 1. The average molecular weight is 539 g/mol. The Labute approximate surface area is 208 Å². The first kappa shape index (κ1) is 23.0. The van der Waals surface area contributed by atoms with Crippen LogP contribution in [0.3, 0.4) is 0 Å². The van der Waals surface area contributed by atoms with Crippen molar-refractivity contribution in [1.82, 2.24) is 4.98 Å². The van der Waals surface area contributed by atoms with E-state index in [1.54, 1.807) is 18.3 Å². The highest BCUT2D eigenvalue weighted by Gasteiger charge is 2.14. The van der Waals surface area contributed by atoms with Crippen LogP contribution in [0.4, 0.5) is 5.13 Å². The van der Waals surface area contributed by atoms with Gasteiger partial charge in [0.15, 0.2) is 5.13 Å². The van der Waals surface area contributed by atoms with Crippen molar-refractivity contribution in [2.45, 2.75) is 13.3 Å². The highest BCUT2D eigenvalue weighted by molar-refractivity contribution is 9.10. The number of rotatable bonds is 6. The predicted octanol–water partition coefficient (Wildman–Crippen LogP) is 7.26. The number of nitriles is 1. The number of amides is 1. The number of carbonyl (C=O) groups excluding carboxylic acids is 1. The largest absolute Gasteiger partial charge is 0.457 e. The summed E-state index contributed by atoms with van der Waals surface area (Å²) < 4.78 is 6.75. The van der Waals surface area contributed by atoms with Crippen LogP contribution < -0.4 is 5.32 Å². The lowest BCUT2D eigenvalue weighted by molar-refractivity contribution is -0.112. The molecular weight excluding hydrogens is 522 g/mol. The summed E-state index contributed by atoms with van der Waals surface area (Å²) in [4.78, 5) is 17.8. The molecule has 1 N–H and O–H groups in total. The van der Waals surface area contributed by atoms with Crippen molar-refractivity contribution in [2.24, 2.45) is 0 Å². The zero-order valence-electron chi connectivity index (χ0n) is 17.4. The summed E-state index contributed by atoms with van der Waals surface area (Å²) in [6, 6.07) is 19.0. The zero-order chi connectivity index (χ0) is 23.4. The molecule has 0 aliphatic rings. The second-order valence-electron chi connectivity index (χ2n) is 7.22. The first-order valence-corrected chi connectivity index (χ1v) is 11.9. The molecule has 164 valence electrons. The summed E-state index contributed by atoms with van der Waals surface area (Å²) in [5.41, 5.74) is 2.90. The molecule has 0 spiro atoms. The summed E-state index contributed by atoms with van der Waals surface area (Å²) in [5.74, 6) is 0.515. The number of hydrogen-bond acceptors (Lipinski definition) is 5. The van der Waals surface area contributed by atoms with Crippen molar-refractivity contribution in [3.05, 3.63) is 97.6 Å². The van der Waals surface area contributed by atoms with E-state index in [9.17, 15) is 10.1 Å². The minimum Gasteiger partial charge on any atom is -0.457 e. The summed E-state index contributed by atoms with van der Waals surface area (Å²) in [7, 11) is 0. The summed E-state index contributed by atoms with van der Waals surface area (Å²) in [5, 5.41) is 13.3. The Morgan fingerprint density at radius 2 is 2.03 bits per heavy atom. The van der Waals surface area contributed by atoms with Gasteiger partial charge in [0.1, 0.15) is 23.2 Å². The third-order valence-electron chi connectivity index (χ3n) is 4.80. The van der Waals surface area contributed by atoms with Crippen LogP contribution in [-0.2, 0) is 11.2 Å². The maximum Gasteiger partial charge on any atom is 0.268 e. The molecule has 4 rings (SSSR count). The number of benzene rings is 2. The van der Waals surface area contributed by atoms with Crippen LogP contribution in [0, 0.1) is 18.3 Å². The fraction of sp³-hybridized carbons (Fsp3) is 0.0800. The smallest absolute Gasteiger partial charge is 0.268 e. The van der Waals surface area contributed by atoms with Gasteiger partial charge in [-0.05, 0) is 48.4 Å². The quantitative estimate of drug-likeness (QED) is 0.207. The molecule has 5 nitrogen and oxygen atoms in total. The normalized spacial score (nSPS) is 11.3. The molecule has 8 heteroatoms. The maximum absolute atomic E-state index is 12.6. The van der Waals surface area contributed by atoms with Crippen LogP contribution in [0.15, 0.2) is 75.3 Å². The molecule has 0 aliphatic carbocycles. The predicted molar refractivity (Wildman–Crippen MR) is 135 cm³/mol. The van der Waals surface area contributed by atoms with Gasteiger partial charge in [-0.25, -0.2) is 4.98 Å². The van der Waals surface area contributed by atoms with Gasteiger partial charge in [0.05, 0.1) is 0 Å². The fourth-order valence-corrected chi connectivity index (χ4v) is 4.36. The lowest BCUT2D eigenvalue weighted by Gasteiger charge is -2.02. The number of anilines is 1. The van der Waals surface area contributed by atoms with Crippen molar-refractivity contribution in [3.63, 3.8) is 0 Å². The van der Waals surface area contributed by atoms with E-state index in [2.05, 4.69) is 26.2 Å². The molecule has 0 saturated heterocycles. The Kier molecular flexibility index (Phi) is 7.09. The van der Waals surface area contributed by atoms with E-state index in [0.29, 0.717) is 23.1 Å². The van der Waals surface area contributed by atoms with Gasteiger partial charge in [-0.3, -0.25) is 10.1 Å². The van der Waals surface area contributed by atoms with Crippen molar-refractivity contribution >= 4 is 56.0 Å². The number of nitrogens with one attached hydrogen (secondary N) is 1. The third-order valence-corrected chi connectivity index (χ3v) is 6.64. The van der Waals surface area contributed by atoms with Gasteiger partial charge in [0.25, 0.3) is 5.91 Å². The van der Waals surface area contributed by atoms with E-state index >= 15 is 0 Å². The molecule has 1 amide bonds. The Morgan fingerprint density at radius 1 is 1.24 bits per heavy atom. The minimum absolute atomic E-state index is 0.0752. The van der Waals surface area contributed by atoms with E-state index in [4.69, 9.17) is 16.0 Å². The maximum atomic E-state index is 12.6. The van der Waals surface area contributed by atoms with E-state index < -0.39 is 5.91 Å². The lowest BCUT2D eigenvalue weighted by atomic mass is 10.1. The summed E-state index contributed by atoms with van der Waals surface area (Å²) >= 11 is 11.0. The zero-order valence-corrected chi connectivity index (χ0v) is 20.6. The van der Waals surface area contributed by atoms with Gasteiger partial charge in [-0.2, -0.15) is 5.26 Å². The topological polar surface area (TPSA) is 78.9 Å². The van der Waals surface area contributed by atoms with Crippen molar-refractivity contribution in [1.29, 1.82) is 5.26 Å².